The quantitative estimate of drug-likeness (QED) is 0.921. The highest BCUT2D eigenvalue weighted by Crippen LogP contribution is 2.25. The number of carbonyl (C=O) groups excluding carboxylic acids is 1. The Morgan fingerprint density at radius 2 is 1.96 bits per heavy atom. The molecule has 0 spiro atoms. The third kappa shape index (κ3) is 3.42. The lowest BCUT2D eigenvalue weighted by Gasteiger charge is -2.26. The maximum atomic E-state index is 12.2. The topological polar surface area (TPSA) is 39.3 Å². The first kappa shape index (κ1) is 16.1. The lowest BCUT2D eigenvalue weighted by Crippen LogP contribution is -2.36. The summed E-state index contributed by atoms with van der Waals surface area (Å²) in [7, 11) is 0. The summed E-state index contributed by atoms with van der Waals surface area (Å²) in [6.07, 6.45) is 4.89. The molecule has 0 aliphatic carbocycles. The van der Waals surface area contributed by atoms with Crippen LogP contribution >= 0.6 is 0 Å². The Morgan fingerprint density at radius 1 is 1.22 bits per heavy atom. The molecule has 4 heteroatoms. The number of benzene rings is 1. The third-order valence-corrected chi connectivity index (χ3v) is 5.03. The van der Waals surface area contributed by atoms with Crippen LogP contribution in [0.15, 0.2) is 24.4 Å². The van der Waals surface area contributed by atoms with E-state index in [9.17, 15) is 4.79 Å². The molecule has 1 amide bonds. The summed E-state index contributed by atoms with van der Waals surface area (Å²) in [5.74, 6) is 0.279. The van der Waals surface area contributed by atoms with Gasteiger partial charge in [0.05, 0.1) is 0 Å². The van der Waals surface area contributed by atoms with E-state index in [0.29, 0.717) is 6.42 Å². The summed E-state index contributed by atoms with van der Waals surface area (Å²) in [6.45, 7) is 8.65. The van der Waals surface area contributed by atoms with Crippen LogP contribution in [0.1, 0.15) is 32.8 Å². The van der Waals surface area contributed by atoms with E-state index in [0.717, 1.165) is 45.6 Å². The molecule has 0 saturated heterocycles. The molecular formula is C19H29N3O. The van der Waals surface area contributed by atoms with Gasteiger partial charge in [0.25, 0.3) is 0 Å². The maximum absolute atomic E-state index is 12.2. The van der Waals surface area contributed by atoms with E-state index in [2.05, 4.69) is 34.3 Å². The van der Waals surface area contributed by atoms with E-state index in [1.54, 1.807) is 0 Å². The molecule has 23 heavy (non-hydrogen) atoms. The fourth-order valence-electron chi connectivity index (χ4n) is 3.62. The summed E-state index contributed by atoms with van der Waals surface area (Å²) in [5, 5.41) is 1.42. The summed E-state index contributed by atoms with van der Waals surface area (Å²) < 4.78 is 0. The molecular weight excluding hydrogens is 286 g/mol. The van der Waals surface area contributed by atoms with Gasteiger partial charge in [-0.3, -0.25) is 4.79 Å². The van der Waals surface area contributed by atoms with Crippen molar-refractivity contribution in [2.24, 2.45) is 0 Å². The molecule has 0 bridgehead atoms. The highest BCUT2D eigenvalue weighted by atomic mass is 16.2. The number of nitrogens with one attached hydrogen (secondary N) is 1. The zero-order valence-corrected chi connectivity index (χ0v) is 14.3. The van der Waals surface area contributed by atoms with Crippen molar-refractivity contribution in [2.45, 2.75) is 33.1 Å². The van der Waals surface area contributed by atoms with Crippen molar-refractivity contribution < 1.29 is 6.22 Å². The molecule has 126 valence electrons. The van der Waals surface area contributed by atoms with Crippen LogP contribution in [0.3, 0.4) is 0 Å². The number of amides is 1. The van der Waals surface area contributed by atoms with E-state index in [-0.39, 0.29) is 7.33 Å². The van der Waals surface area contributed by atoms with Gasteiger partial charge in [0.2, 0.25) is 5.91 Å². The minimum absolute atomic E-state index is 0. The second-order valence-corrected chi connectivity index (χ2v) is 6.31. The van der Waals surface area contributed by atoms with E-state index >= 15 is 0 Å². The van der Waals surface area contributed by atoms with E-state index < -0.39 is 0 Å². The van der Waals surface area contributed by atoms with Gasteiger partial charge >= 0.3 is 0 Å². The first-order valence-corrected chi connectivity index (χ1v) is 8.81. The Bertz CT molecular complexity index is 678. The van der Waals surface area contributed by atoms with Crippen molar-refractivity contribution in [3.05, 3.63) is 35.5 Å². The number of hydrogen-bond donors (Lipinski definition) is 1. The van der Waals surface area contributed by atoms with Gasteiger partial charge in [0, 0.05) is 57.7 Å². The Balaban J connectivity index is 0.00000208. The van der Waals surface area contributed by atoms with Gasteiger partial charge < -0.3 is 14.8 Å². The molecule has 3 rings (SSSR count). The van der Waals surface area contributed by atoms with Crippen LogP contribution < -0.4 is 0 Å². The molecule has 0 unspecified atom stereocenters. The molecule has 1 aliphatic heterocycles. The smallest absolute Gasteiger partial charge is 0.223 e. The summed E-state index contributed by atoms with van der Waals surface area (Å²) >= 11 is 0. The summed E-state index contributed by atoms with van der Waals surface area (Å²) in [4.78, 5) is 20.0. The molecule has 0 saturated carbocycles. The van der Waals surface area contributed by atoms with E-state index in [4.69, 9.17) is 0 Å². The number of aromatic nitrogens is 1. The Kier molecular flexibility index (Phi) is 5.01. The van der Waals surface area contributed by atoms with Crippen molar-refractivity contribution in [3.8, 4) is 0 Å². The minimum Gasteiger partial charge on any atom is -0.361 e. The Hall–Kier alpha value is -1.81. The van der Waals surface area contributed by atoms with Crippen molar-refractivity contribution in [1.82, 2.24) is 14.8 Å². The molecule has 0 radical (unpaired) electrons. The van der Waals surface area contributed by atoms with Crippen molar-refractivity contribution >= 4 is 16.8 Å². The van der Waals surface area contributed by atoms with Crippen LogP contribution in [-0.4, -0.2) is 53.4 Å². The molecule has 2 heterocycles. The van der Waals surface area contributed by atoms with Gasteiger partial charge in [-0.2, -0.15) is 0 Å². The molecule has 1 N–H and O–H groups in total. The largest absolute Gasteiger partial charge is 0.361 e. The Labute approximate surface area is 139 Å². The molecule has 0 fully saturated rings. The molecule has 4 nitrogen and oxygen atoms in total. The van der Waals surface area contributed by atoms with Crippen molar-refractivity contribution in [2.75, 3.05) is 32.7 Å². The zero-order chi connectivity index (χ0) is 16.2. The monoisotopic (exact) mass is 315 g/mol. The van der Waals surface area contributed by atoms with Crippen LogP contribution in [0.4, 0.5) is 0 Å². The van der Waals surface area contributed by atoms with Crippen LogP contribution in [0.2, 0.25) is 0 Å². The summed E-state index contributed by atoms with van der Waals surface area (Å²) in [6, 6.07) is 6.53. The van der Waals surface area contributed by atoms with Gasteiger partial charge in [-0.1, -0.05) is 12.1 Å². The molecule has 2 aromatic rings. The fourth-order valence-corrected chi connectivity index (χ4v) is 3.62. The maximum Gasteiger partial charge on any atom is 0.223 e. The highest BCUT2D eigenvalue weighted by molar-refractivity contribution is 5.86. The normalized spacial score (nSPS) is 15.4. The summed E-state index contributed by atoms with van der Waals surface area (Å²) in [5.41, 5.74) is 4.09. The van der Waals surface area contributed by atoms with Gasteiger partial charge in [0.1, 0.15) is 0 Å². The number of aromatic amines is 1. The van der Waals surface area contributed by atoms with Gasteiger partial charge in [-0.15, -0.1) is 0 Å². The van der Waals surface area contributed by atoms with E-state index in [1.807, 2.05) is 18.7 Å². The van der Waals surface area contributed by atoms with Crippen LogP contribution in [0, 0.1) is 0 Å². The lowest BCUT2D eigenvalue weighted by molar-refractivity contribution is -0.131. The zero-order valence-electron chi connectivity index (χ0n) is 14.3. The van der Waals surface area contributed by atoms with Crippen LogP contribution in [-0.2, 0) is 17.6 Å². The predicted octanol–water partition coefficient (Wildman–Crippen LogP) is 3.07. The number of carbonyl (C=O) groups is 1. The third-order valence-electron chi connectivity index (χ3n) is 5.03. The Morgan fingerprint density at radius 3 is 2.70 bits per heavy atom. The molecule has 1 aromatic heterocycles. The molecule has 1 aromatic carbocycles. The number of nitrogens with zero attached hydrogens (tertiary/aromatic N) is 2. The lowest BCUT2D eigenvalue weighted by atomic mass is 9.99. The number of H-pyrrole nitrogens is 1. The van der Waals surface area contributed by atoms with Gasteiger partial charge in [-0.05, 0) is 43.9 Å². The van der Waals surface area contributed by atoms with Gasteiger partial charge in [0.15, 0.2) is 0 Å². The average molecular weight is 315 g/mol. The predicted molar refractivity (Wildman–Crippen MR) is 96.8 cm³/mol. The minimum atomic E-state index is 0. The standard InChI is InChI=1S/C19H27N3O.H2/c1-3-22(4-2)18(23)10-13-21-11-8-15-6-5-7-17-19(15)16(9-12-21)14-20-17;/h5-7,14,20H,3-4,8-13H2,1-2H3;1H. The second kappa shape index (κ2) is 7.18. The first-order valence-electron chi connectivity index (χ1n) is 8.81. The number of hydrogen-bond acceptors (Lipinski definition) is 2. The average Bonchev–Trinajstić information content (AvgIpc) is 2.97. The molecule has 0 atom stereocenters. The van der Waals surface area contributed by atoms with Crippen LogP contribution in [0.5, 0.6) is 0 Å². The fraction of sp³-hybridized carbons (Fsp3) is 0.526. The number of rotatable bonds is 5. The molecule has 1 aliphatic rings. The van der Waals surface area contributed by atoms with Crippen molar-refractivity contribution in [1.29, 1.82) is 0 Å². The highest BCUT2D eigenvalue weighted by Gasteiger charge is 2.17. The SMILES string of the molecule is CCN(CC)C(=O)CCN1CCc2cccc3[nH]cc(c23)CC1.[HH]. The second-order valence-electron chi connectivity index (χ2n) is 6.31. The van der Waals surface area contributed by atoms with E-state index in [1.165, 1.54) is 22.0 Å². The van der Waals surface area contributed by atoms with Crippen LogP contribution in [0.25, 0.3) is 10.9 Å². The first-order chi connectivity index (χ1) is 11.2. The van der Waals surface area contributed by atoms with Crippen molar-refractivity contribution in [3.63, 3.8) is 0 Å². The van der Waals surface area contributed by atoms with Gasteiger partial charge in [-0.25, -0.2) is 0 Å².